The van der Waals surface area contributed by atoms with Gasteiger partial charge in [-0.05, 0) is 46.4 Å². The maximum Gasteiger partial charge on any atom is 0.0214 e. The van der Waals surface area contributed by atoms with Crippen LogP contribution in [0.15, 0.2) is 66.7 Å². The van der Waals surface area contributed by atoms with Gasteiger partial charge in [-0.1, -0.05) is 60.7 Å². The fourth-order valence-corrected chi connectivity index (χ4v) is 2.85. The van der Waals surface area contributed by atoms with Gasteiger partial charge in [0.2, 0.25) is 0 Å². The molecule has 1 saturated carbocycles. The molecule has 3 aromatic rings. The van der Waals surface area contributed by atoms with Crippen molar-refractivity contribution < 1.29 is 0 Å². The summed E-state index contributed by atoms with van der Waals surface area (Å²) in [5.74, 6) is 0. The van der Waals surface area contributed by atoms with Crippen molar-refractivity contribution in [2.75, 3.05) is 0 Å². The lowest BCUT2D eigenvalue weighted by Gasteiger charge is -2.11. The van der Waals surface area contributed by atoms with Crippen LogP contribution in [0.5, 0.6) is 0 Å². The van der Waals surface area contributed by atoms with Crippen LogP contribution in [-0.2, 0) is 6.54 Å². The fraction of sp³-hybridized carbons (Fsp3) is 0.200. The minimum absolute atomic E-state index is 0.745. The molecule has 1 aliphatic rings. The van der Waals surface area contributed by atoms with Gasteiger partial charge in [-0.15, -0.1) is 0 Å². The summed E-state index contributed by atoms with van der Waals surface area (Å²) in [7, 11) is 0. The number of fused-ring (bicyclic) bond motifs is 1. The van der Waals surface area contributed by atoms with Gasteiger partial charge >= 0.3 is 0 Å². The summed E-state index contributed by atoms with van der Waals surface area (Å²) >= 11 is 0. The third-order valence-electron chi connectivity index (χ3n) is 4.24. The van der Waals surface area contributed by atoms with E-state index in [0.29, 0.717) is 0 Å². The summed E-state index contributed by atoms with van der Waals surface area (Å²) < 4.78 is 0. The van der Waals surface area contributed by atoms with E-state index in [4.69, 9.17) is 0 Å². The van der Waals surface area contributed by atoms with Crippen LogP contribution in [0.25, 0.3) is 21.9 Å². The zero-order valence-electron chi connectivity index (χ0n) is 12.0. The summed E-state index contributed by atoms with van der Waals surface area (Å²) in [5, 5.41) is 6.23. The molecule has 1 N–H and O–H groups in total. The SMILES string of the molecule is c1ccc(-c2ccc3ccccc3c2)c(CNC2CC2)c1. The van der Waals surface area contributed by atoms with Crippen molar-refractivity contribution in [3.8, 4) is 11.1 Å². The normalized spacial score (nSPS) is 14.5. The van der Waals surface area contributed by atoms with Gasteiger partial charge in [0, 0.05) is 12.6 Å². The Balaban J connectivity index is 1.72. The van der Waals surface area contributed by atoms with E-state index in [2.05, 4.69) is 72.0 Å². The van der Waals surface area contributed by atoms with Crippen LogP contribution < -0.4 is 5.32 Å². The molecule has 4 rings (SSSR count). The minimum Gasteiger partial charge on any atom is -0.310 e. The topological polar surface area (TPSA) is 12.0 Å². The Morgan fingerprint density at radius 2 is 1.57 bits per heavy atom. The molecule has 21 heavy (non-hydrogen) atoms. The molecule has 0 atom stereocenters. The second-order valence-corrected chi connectivity index (χ2v) is 5.87. The van der Waals surface area contributed by atoms with Crippen LogP contribution in [0.4, 0.5) is 0 Å². The lowest BCUT2D eigenvalue weighted by molar-refractivity contribution is 0.689. The standard InChI is InChI=1S/C20H19N/c1-2-6-16-13-17(10-9-15(16)5-1)20-8-4-3-7-18(20)14-21-19-11-12-19/h1-10,13,19,21H,11-12,14H2. The summed E-state index contributed by atoms with van der Waals surface area (Å²) in [6.07, 6.45) is 2.66. The lowest BCUT2D eigenvalue weighted by atomic mass is 9.97. The first kappa shape index (κ1) is 12.6. The predicted octanol–water partition coefficient (Wildman–Crippen LogP) is 4.76. The Morgan fingerprint density at radius 3 is 2.43 bits per heavy atom. The smallest absolute Gasteiger partial charge is 0.0214 e. The van der Waals surface area contributed by atoms with Crippen molar-refractivity contribution in [1.29, 1.82) is 0 Å². The van der Waals surface area contributed by atoms with Crippen LogP contribution in [0, 0.1) is 0 Å². The fourth-order valence-electron chi connectivity index (χ4n) is 2.85. The van der Waals surface area contributed by atoms with Crippen LogP contribution in [0.3, 0.4) is 0 Å². The van der Waals surface area contributed by atoms with Gasteiger partial charge in [-0.2, -0.15) is 0 Å². The molecule has 0 saturated heterocycles. The van der Waals surface area contributed by atoms with Crippen molar-refractivity contribution in [3.63, 3.8) is 0 Å². The average Bonchev–Trinajstić information content (AvgIpc) is 3.37. The molecule has 3 aromatic carbocycles. The first-order valence-electron chi connectivity index (χ1n) is 7.71. The lowest BCUT2D eigenvalue weighted by Crippen LogP contribution is -2.15. The Kier molecular flexibility index (Phi) is 3.21. The first-order valence-corrected chi connectivity index (χ1v) is 7.71. The third kappa shape index (κ3) is 2.70. The Hall–Kier alpha value is -2.12. The van der Waals surface area contributed by atoms with Crippen molar-refractivity contribution in [1.82, 2.24) is 5.32 Å². The van der Waals surface area contributed by atoms with E-state index in [1.54, 1.807) is 0 Å². The molecular weight excluding hydrogens is 254 g/mol. The largest absolute Gasteiger partial charge is 0.310 e. The minimum atomic E-state index is 0.745. The van der Waals surface area contributed by atoms with Crippen LogP contribution in [0.1, 0.15) is 18.4 Å². The van der Waals surface area contributed by atoms with Crippen molar-refractivity contribution in [3.05, 3.63) is 72.3 Å². The quantitative estimate of drug-likeness (QED) is 0.722. The zero-order valence-corrected chi connectivity index (χ0v) is 12.0. The molecule has 104 valence electrons. The van der Waals surface area contributed by atoms with Crippen LogP contribution >= 0.6 is 0 Å². The predicted molar refractivity (Wildman–Crippen MR) is 89.2 cm³/mol. The van der Waals surface area contributed by atoms with Gasteiger partial charge < -0.3 is 5.32 Å². The molecule has 1 aliphatic carbocycles. The summed E-state index contributed by atoms with van der Waals surface area (Å²) in [6.45, 7) is 0.966. The van der Waals surface area contributed by atoms with Crippen molar-refractivity contribution in [2.24, 2.45) is 0 Å². The summed E-state index contributed by atoms with van der Waals surface area (Å²) in [4.78, 5) is 0. The molecule has 1 nitrogen and oxygen atoms in total. The van der Waals surface area contributed by atoms with Gasteiger partial charge in [-0.3, -0.25) is 0 Å². The Morgan fingerprint density at radius 1 is 0.810 bits per heavy atom. The van der Waals surface area contributed by atoms with E-state index >= 15 is 0 Å². The van der Waals surface area contributed by atoms with Gasteiger partial charge in [0.1, 0.15) is 0 Å². The molecule has 0 aromatic heterocycles. The van der Waals surface area contributed by atoms with Crippen LogP contribution in [-0.4, -0.2) is 6.04 Å². The first-order chi connectivity index (χ1) is 10.4. The number of nitrogens with one attached hydrogen (secondary N) is 1. The summed E-state index contributed by atoms with van der Waals surface area (Å²) in [5.41, 5.74) is 4.04. The summed E-state index contributed by atoms with van der Waals surface area (Å²) in [6, 6.07) is 24.8. The second kappa shape index (κ2) is 5.34. The van der Waals surface area contributed by atoms with E-state index < -0.39 is 0 Å². The maximum atomic E-state index is 3.62. The van der Waals surface area contributed by atoms with E-state index in [1.807, 2.05) is 0 Å². The second-order valence-electron chi connectivity index (χ2n) is 5.87. The highest BCUT2D eigenvalue weighted by molar-refractivity contribution is 5.87. The molecule has 0 aliphatic heterocycles. The number of rotatable bonds is 4. The van der Waals surface area contributed by atoms with Gasteiger partial charge in [0.25, 0.3) is 0 Å². The number of hydrogen-bond donors (Lipinski definition) is 1. The maximum absolute atomic E-state index is 3.62. The van der Waals surface area contributed by atoms with Crippen LogP contribution in [0.2, 0.25) is 0 Å². The van der Waals surface area contributed by atoms with Crippen molar-refractivity contribution in [2.45, 2.75) is 25.4 Å². The van der Waals surface area contributed by atoms with Gasteiger partial charge in [0.05, 0.1) is 0 Å². The molecule has 1 fully saturated rings. The monoisotopic (exact) mass is 273 g/mol. The van der Waals surface area contributed by atoms with E-state index in [0.717, 1.165) is 12.6 Å². The highest BCUT2D eigenvalue weighted by atomic mass is 14.9. The highest BCUT2D eigenvalue weighted by Gasteiger charge is 2.20. The van der Waals surface area contributed by atoms with E-state index in [9.17, 15) is 0 Å². The molecule has 0 unspecified atom stereocenters. The van der Waals surface area contributed by atoms with Gasteiger partial charge in [0.15, 0.2) is 0 Å². The molecular formula is C20H19N. The molecule has 0 spiro atoms. The van der Waals surface area contributed by atoms with E-state index in [-0.39, 0.29) is 0 Å². The molecule has 0 amide bonds. The molecule has 0 heterocycles. The molecule has 0 bridgehead atoms. The zero-order chi connectivity index (χ0) is 14.1. The average molecular weight is 273 g/mol. The van der Waals surface area contributed by atoms with Crippen molar-refractivity contribution >= 4 is 10.8 Å². The Bertz CT molecular complexity index is 771. The van der Waals surface area contributed by atoms with Gasteiger partial charge in [-0.25, -0.2) is 0 Å². The van der Waals surface area contributed by atoms with E-state index in [1.165, 1.54) is 40.3 Å². The molecule has 0 radical (unpaired) electrons. The molecule has 1 heteroatoms. The number of hydrogen-bond acceptors (Lipinski definition) is 1. The Labute approximate surface area is 125 Å². The third-order valence-corrected chi connectivity index (χ3v) is 4.24. The highest BCUT2D eigenvalue weighted by Crippen LogP contribution is 2.28. The number of benzene rings is 3.